The molecule has 0 N–H and O–H groups in total. The molecule has 0 fully saturated rings. The van der Waals surface area contributed by atoms with Crippen LogP contribution in [0, 0.1) is 0 Å². The molecule has 0 aromatic heterocycles. The minimum Gasteiger partial charge on any atom is 0 e. The van der Waals surface area contributed by atoms with Gasteiger partial charge in [-0.2, -0.15) is 0 Å². The first-order valence-electron chi connectivity index (χ1n) is 13.5. The van der Waals surface area contributed by atoms with Gasteiger partial charge in [0.25, 0.3) is 0 Å². The molecule has 82 heavy (non-hydrogen) atoms. The lowest BCUT2D eigenvalue weighted by Crippen LogP contribution is -1.41. The zero-order valence-electron chi connectivity index (χ0n) is 33.5. The van der Waals surface area contributed by atoms with Crippen LogP contribution in [-0.2, 0) is 733 Å². The molecule has 0 atom stereocenters. The highest BCUT2D eigenvalue weighted by Crippen LogP contribution is 1.49. The summed E-state index contributed by atoms with van der Waals surface area (Å²) in [7, 11) is 144. The van der Waals surface area contributed by atoms with E-state index < -0.39 is 0 Å². The summed E-state index contributed by atoms with van der Waals surface area (Å²) >= 11 is 9.65. The summed E-state index contributed by atoms with van der Waals surface area (Å²) in [6, 6.07) is 0. The second-order valence-corrected chi connectivity index (χ2v) is 147. The molecule has 0 heterocycles. The van der Waals surface area contributed by atoms with Gasteiger partial charge in [-0.1, -0.05) is 0 Å². The molecule has 0 radical (unpaired) electrons. The van der Waals surface area contributed by atoms with Crippen LogP contribution in [0.15, 0.2) is 0 Å². The minimum absolute atomic E-state index is 1.37. The van der Waals surface area contributed by atoms with E-state index in [2.05, 4.69) is 0 Å². The van der Waals surface area contributed by atoms with E-state index in [9.17, 15) is 0 Å². The Bertz CT molecular complexity index is 5900. The van der Waals surface area contributed by atoms with Crippen LogP contribution in [0.1, 0.15) is 0 Å². The van der Waals surface area contributed by atoms with Crippen LogP contribution in [0.5, 0.6) is 0 Å². The molecule has 0 rings (SSSR count). The molecule has 0 aliphatic carbocycles. The van der Waals surface area contributed by atoms with Crippen molar-refractivity contribution in [3.8, 4) is 0 Å². The molecular formula is S82. The normalized spacial score (nSPS) is 7.85. The van der Waals surface area contributed by atoms with Crippen molar-refractivity contribution < 1.29 is 0 Å². The third-order valence-corrected chi connectivity index (χ3v) is 178. The number of hydrogen-bond acceptors (Lipinski definition) is 2. The third kappa shape index (κ3) is 98.0. The molecule has 0 saturated carbocycles. The van der Waals surface area contributed by atoms with E-state index in [4.69, 9.17) is 22.4 Å². The minimum atomic E-state index is 1.37. The Kier molecular flexibility index (Phi) is 121. The molecule has 0 aliphatic rings. The molecule has 0 nitrogen and oxygen atoms in total. The van der Waals surface area contributed by atoms with Gasteiger partial charge in [-0.25, -0.2) is 0 Å². The highest BCUT2D eigenvalue weighted by Gasteiger charge is 1.49. The van der Waals surface area contributed by atoms with Gasteiger partial charge >= 0.3 is 0 Å². The Hall–Kier alpha value is 18.0. The van der Waals surface area contributed by atoms with Crippen LogP contribution in [0.25, 0.3) is 0 Å². The van der Waals surface area contributed by atoms with Crippen LogP contribution in [-0.4, -0.2) is 0 Å². The maximum absolute atomic E-state index is 4.83. The first-order chi connectivity index (χ1) is 40.9. The summed E-state index contributed by atoms with van der Waals surface area (Å²) in [5, 5.41) is 0. The van der Waals surface area contributed by atoms with Crippen LogP contribution in [0.4, 0.5) is 0 Å². The summed E-state index contributed by atoms with van der Waals surface area (Å²) in [6.07, 6.45) is 0. The monoisotopic (exact) mass is 2620 g/mol. The number of rotatable bonds is 0. The topological polar surface area (TPSA) is 0 Å². The fourth-order valence-electron chi connectivity index (χ4n) is 0.885. The fourth-order valence-corrected chi connectivity index (χ4v) is 215. The van der Waals surface area contributed by atoms with E-state index in [0.717, 1.165) is 0 Å². The van der Waals surface area contributed by atoms with E-state index in [1.807, 2.05) is 586 Å². The van der Waals surface area contributed by atoms with E-state index in [0.29, 0.717) is 0 Å². The summed E-state index contributed by atoms with van der Waals surface area (Å²) in [5.74, 6) is 0. The molecular weight excluding hydrogens is 2630 g/mol. The van der Waals surface area contributed by atoms with E-state index in [-0.39, 0.29) is 0 Å². The Balaban J connectivity index is 6.16. The van der Waals surface area contributed by atoms with Gasteiger partial charge in [-0.15, -0.1) is 0 Å². The highest BCUT2D eigenvalue weighted by atomic mass is 33.6. The average Bonchev–Trinajstić information content (AvgIpc) is 3.48. The van der Waals surface area contributed by atoms with E-state index in [1.54, 1.807) is 107 Å². The summed E-state index contributed by atoms with van der Waals surface area (Å²) < 4.78 is 0. The second kappa shape index (κ2) is 99.0. The molecule has 0 amide bonds. The molecule has 0 aromatic carbocycles. The van der Waals surface area contributed by atoms with Gasteiger partial charge in [0.05, 0.1) is 0 Å². The second-order valence-electron chi connectivity index (χ2n) is 5.44. The zero-order valence-corrected chi connectivity index (χ0v) is 100. The van der Waals surface area contributed by atoms with Gasteiger partial charge < -0.3 is 0 Å². The van der Waals surface area contributed by atoms with Gasteiger partial charge in [0, 0.05) is 733 Å². The maximum Gasteiger partial charge on any atom is 0 e. The molecule has 0 aliphatic heterocycles. The quantitative estimate of drug-likeness (QED) is 0.331. The smallest absolute Gasteiger partial charge is 0 e. The van der Waals surface area contributed by atoms with E-state index in [1.165, 1.54) is 17.8 Å². The lowest BCUT2D eigenvalue weighted by atomic mass is 30.7. The molecule has 492 valence electrons. The van der Waals surface area contributed by atoms with Crippen LogP contribution in [0.2, 0.25) is 0 Å². The van der Waals surface area contributed by atoms with Crippen LogP contribution >= 0.6 is 0 Å². The third-order valence-electron chi connectivity index (χ3n) is 2.19. The van der Waals surface area contributed by atoms with Crippen molar-refractivity contribution in [1.29, 1.82) is 0 Å². The summed E-state index contributed by atoms with van der Waals surface area (Å²) in [6.45, 7) is 0. The lowest BCUT2D eigenvalue weighted by molar-refractivity contribution is 5.95. The average molecular weight is 2630 g/mol. The largest absolute Gasteiger partial charge is 0 e. The Morgan fingerprint density at radius 3 is 0.134 bits per heavy atom. The summed E-state index contributed by atoms with van der Waals surface area (Å²) in [4.78, 5) is 0. The first kappa shape index (κ1) is 100. The molecule has 0 aromatic rings. The number of hydrogen-bond donors (Lipinski definition) is 0. The van der Waals surface area contributed by atoms with Crippen molar-refractivity contribution >= 4 is 733 Å². The maximum atomic E-state index is 4.83. The van der Waals surface area contributed by atoms with Crippen LogP contribution in [0.3, 0.4) is 0 Å². The van der Waals surface area contributed by atoms with Gasteiger partial charge in [-0.05, 0) is 0 Å². The standard InChI is InChI=1S/S82/c1-3-5-7-9-11-13-15-17-19-21-23-25-27-29-31-33-35-37-39-41-43-45-47-49-51-53-55-57-59-61-63-65-67-69-71-73-75-77-79-81-82-80-78-76-74-72-70-68-66-64-62-60-58-56-54-52-50-48-46-44-42-40-38-36-34-32-30-28-26-24-22-20-18-16-14-12-10-8-6-4-2. The Labute approximate surface area is 709 Å². The highest BCUT2D eigenvalue weighted by molar-refractivity contribution is 8.85. The van der Waals surface area contributed by atoms with Gasteiger partial charge in [-0.3, -0.25) is 0 Å². The van der Waals surface area contributed by atoms with Crippen molar-refractivity contribution in [1.82, 2.24) is 0 Å². The zero-order chi connectivity index (χ0) is 58.6. The van der Waals surface area contributed by atoms with Gasteiger partial charge in [0.15, 0.2) is 0 Å². The lowest BCUT2D eigenvalue weighted by Gasteiger charge is -1.41. The van der Waals surface area contributed by atoms with Crippen molar-refractivity contribution in [2.75, 3.05) is 0 Å². The van der Waals surface area contributed by atoms with Gasteiger partial charge in [0.2, 0.25) is 0 Å². The molecule has 0 bridgehead atoms. The van der Waals surface area contributed by atoms with E-state index >= 15 is 0 Å². The van der Waals surface area contributed by atoms with Crippen molar-refractivity contribution in [3.63, 3.8) is 0 Å². The first-order valence-corrected chi connectivity index (χ1v) is 121. The Morgan fingerprint density at radius 2 is 0.0976 bits per heavy atom. The SMILES string of the molecule is S=S=S=S=S=S=S=S=S=S=S=S=S=S=S=S=S=S=S=S=S=S=S=S=S=S=S=S=S=S=S=S=S=S=S=S=S=S=S=S=S=S=S=S=S=S=S=S=S=S=S=S=S=S=S=S=S=S=S=S=S=S=S=S=S=S=S=S=S=S=S=S=S=S=S=S=S=S=S=S=S=S. The van der Waals surface area contributed by atoms with Gasteiger partial charge in [0.1, 0.15) is 0 Å². The molecule has 0 saturated heterocycles. The predicted molar refractivity (Wildman–Crippen MR) is 604 cm³/mol. The molecule has 82 heteroatoms. The fraction of sp³-hybridized carbons (Fsp3) is 0. The molecule has 0 unspecified atom stereocenters. The Morgan fingerprint density at radius 1 is 0.0610 bits per heavy atom. The van der Waals surface area contributed by atoms with Crippen molar-refractivity contribution in [2.24, 2.45) is 0 Å². The van der Waals surface area contributed by atoms with Crippen molar-refractivity contribution in [2.45, 2.75) is 0 Å². The van der Waals surface area contributed by atoms with Crippen molar-refractivity contribution in [3.05, 3.63) is 0 Å². The van der Waals surface area contributed by atoms with Crippen LogP contribution < -0.4 is 0 Å². The predicted octanol–water partition coefficient (Wildman–Crippen LogP) is -0.197. The molecule has 0 spiro atoms. The summed E-state index contributed by atoms with van der Waals surface area (Å²) in [5.41, 5.74) is 0.